The zero-order valence-electron chi connectivity index (χ0n) is 15.1. The zero-order chi connectivity index (χ0) is 19.4. The maximum Gasteiger partial charge on any atom is 0.233 e. The van der Waals surface area contributed by atoms with E-state index in [4.69, 9.17) is 0 Å². The van der Waals surface area contributed by atoms with Crippen LogP contribution in [0.5, 0.6) is 0 Å². The van der Waals surface area contributed by atoms with Crippen LogP contribution in [0, 0.1) is 5.92 Å². The molecular weight excluding hydrogens is 430 g/mol. The standard InChI is InChI=1S/C19H22BrN3O3S/c1-27(25,26)15-8-6-14(7-9-15)16(10-13-4-2-3-5-13)19(24)23-18-12-21-17(20)11-22-18/h6-9,11-13,16H,2-5,10H2,1H3,(H,22,23,24)/t16-/m1/s1. The van der Waals surface area contributed by atoms with E-state index in [9.17, 15) is 13.2 Å². The molecule has 1 N–H and O–H groups in total. The number of hydrogen-bond acceptors (Lipinski definition) is 5. The first-order chi connectivity index (χ1) is 12.8. The Morgan fingerprint density at radius 3 is 2.41 bits per heavy atom. The molecule has 1 aliphatic carbocycles. The van der Waals surface area contributed by atoms with Gasteiger partial charge in [-0.3, -0.25) is 4.79 Å². The largest absolute Gasteiger partial charge is 0.309 e. The van der Waals surface area contributed by atoms with Crippen molar-refractivity contribution in [3.8, 4) is 0 Å². The topological polar surface area (TPSA) is 89.0 Å². The van der Waals surface area contributed by atoms with Crippen LogP contribution in [0.2, 0.25) is 0 Å². The average molecular weight is 452 g/mol. The van der Waals surface area contributed by atoms with E-state index in [2.05, 4.69) is 31.2 Å². The summed E-state index contributed by atoms with van der Waals surface area (Å²) in [7, 11) is -3.26. The number of amides is 1. The molecule has 0 unspecified atom stereocenters. The molecule has 0 aliphatic heterocycles. The molecule has 0 bridgehead atoms. The molecule has 6 nitrogen and oxygen atoms in total. The van der Waals surface area contributed by atoms with Crippen molar-refractivity contribution in [3.63, 3.8) is 0 Å². The lowest BCUT2D eigenvalue weighted by Crippen LogP contribution is -2.23. The van der Waals surface area contributed by atoms with Crippen molar-refractivity contribution in [3.05, 3.63) is 46.8 Å². The van der Waals surface area contributed by atoms with Crippen LogP contribution in [0.25, 0.3) is 0 Å². The lowest BCUT2D eigenvalue weighted by Gasteiger charge is -2.20. The molecule has 3 rings (SSSR count). The van der Waals surface area contributed by atoms with E-state index < -0.39 is 9.84 Å². The van der Waals surface area contributed by atoms with E-state index in [1.807, 2.05) is 0 Å². The minimum Gasteiger partial charge on any atom is -0.309 e. The molecule has 27 heavy (non-hydrogen) atoms. The van der Waals surface area contributed by atoms with E-state index in [-0.39, 0.29) is 16.7 Å². The molecule has 2 aromatic rings. The van der Waals surface area contributed by atoms with Crippen LogP contribution in [-0.4, -0.2) is 30.5 Å². The number of carbonyl (C=O) groups is 1. The normalized spacial score (nSPS) is 16.2. The molecule has 1 fully saturated rings. The molecule has 0 spiro atoms. The fourth-order valence-electron chi connectivity index (χ4n) is 3.51. The number of anilines is 1. The third kappa shape index (κ3) is 5.35. The van der Waals surface area contributed by atoms with Crippen molar-refractivity contribution in [1.82, 2.24) is 9.97 Å². The van der Waals surface area contributed by atoms with Gasteiger partial charge in [0.25, 0.3) is 0 Å². The van der Waals surface area contributed by atoms with Crippen LogP contribution in [0.4, 0.5) is 5.82 Å². The number of benzene rings is 1. The Morgan fingerprint density at radius 1 is 1.19 bits per heavy atom. The SMILES string of the molecule is CS(=O)(=O)c1ccc([C@@H](CC2CCCC2)C(=O)Nc2cnc(Br)cn2)cc1. The lowest BCUT2D eigenvalue weighted by atomic mass is 9.87. The molecule has 1 aromatic carbocycles. The Morgan fingerprint density at radius 2 is 1.85 bits per heavy atom. The number of nitrogens with one attached hydrogen (secondary N) is 1. The van der Waals surface area contributed by atoms with Crippen LogP contribution in [0.3, 0.4) is 0 Å². The minimum atomic E-state index is -3.26. The van der Waals surface area contributed by atoms with Crippen molar-refractivity contribution >= 4 is 37.5 Å². The summed E-state index contributed by atoms with van der Waals surface area (Å²) in [6.07, 6.45) is 9.61. The van der Waals surface area contributed by atoms with Gasteiger partial charge in [-0.05, 0) is 46.0 Å². The molecule has 1 aliphatic rings. The van der Waals surface area contributed by atoms with Gasteiger partial charge in [0.2, 0.25) is 5.91 Å². The van der Waals surface area contributed by atoms with Crippen LogP contribution < -0.4 is 5.32 Å². The smallest absolute Gasteiger partial charge is 0.233 e. The predicted molar refractivity (Wildman–Crippen MR) is 107 cm³/mol. The highest BCUT2D eigenvalue weighted by atomic mass is 79.9. The second kappa shape index (κ2) is 8.48. The van der Waals surface area contributed by atoms with Gasteiger partial charge < -0.3 is 5.32 Å². The Labute approximate surface area is 167 Å². The monoisotopic (exact) mass is 451 g/mol. The molecule has 0 radical (unpaired) electrons. The number of halogens is 1. The van der Waals surface area contributed by atoms with Crippen molar-refractivity contribution in [2.75, 3.05) is 11.6 Å². The molecule has 1 aromatic heterocycles. The number of hydrogen-bond donors (Lipinski definition) is 1. The summed E-state index contributed by atoms with van der Waals surface area (Å²) in [4.78, 5) is 21.4. The first-order valence-corrected chi connectivity index (χ1v) is 11.6. The summed E-state index contributed by atoms with van der Waals surface area (Å²) in [5.74, 6) is 0.400. The summed E-state index contributed by atoms with van der Waals surface area (Å²) >= 11 is 3.22. The van der Waals surface area contributed by atoms with Crippen LogP contribution in [-0.2, 0) is 14.6 Å². The Kier molecular flexibility index (Phi) is 6.26. The van der Waals surface area contributed by atoms with Crippen molar-refractivity contribution in [1.29, 1.82) is 0 Å². The van der Waals surface area contributed by atoms with Crippen molar-refractivity contribution in [2.24, 2.45) is 5.92 Å². The third-order valence-corrected chi connectivity index (χ3v) is 6.48. The predicted octanol–water partition coefficient (Wildman–Crippen LogP) is 3.95. The number of carbonyl (C=O) groups excluding carboxylic acids is 1. The number of sulfone groups is 1. The first-order valence-electron chi connectivity index (χ1n) is 8.91. The highest BCUT2D eigenvalue weighted by Gasteiger charge is 2.27. The van der Waals surface area contributed by atoms with E-state index in [1.165, 1.54) is 31.5 Å². The second-order valence-electron chi connectivity index (χ2n) is 6.99. The van der Waals surface area contributed by atoms with Gasteiger partial charge in [0, 0.05) is 6.26 Å². The van der Waals surface area contributed by atoms with Crippen LogP contribution in [0.15, 0.2) is 46.2 Å². The molecule has 1 atom stereocenters. The van der Waals surface area contributed by atoms with E-state index >= 15 is 0 Å². The third-order valence-electron chi connectivity index (χ3n) is 4.94. The summed E-state index contributed by atoms with van der Waals surface area (Å²) < 4.78 is 24.0. The van der Waals surface area contributed by atoms with Gasteiger partial charge in [-0.1, -0.05) is 37.8 Å². The minimum absolute atomic E-state index is 0.148. The van der Waals surface area contributed by atoms with Crippen molar-refractivity contribution < 1.29 is 13.2 Å². The Bertz CT molecular complexity index is 893. The van der Waals surface area contributed by atoms with Gasteiger partial charge in [0.1, 0.15) is 4.60 Å². The molecule has 0 saturated heterocycles. The van der Waals surface area contributed by atoms with E-state index in [1.54, 1.807) is 24.3 Å². The molecule has 144 valence electrons. The fraction of sp³-hybridized carbons (Fsp3) is 0.421. The van der Waals surface area contributed by atoms with Gasteiger partial charge >= 0.3 is 0 Å². The maximum absolute atomic E-state index is 13.0. The van der Waals surface area contributed by atoms with Crippen LogP contribution >= 0.6 is 15.9 Å². The summed E-state index contributed by atoms with van der Waals surface area (Å²) in [6.45, 7) is 0. The van der Waals surface area contributed by atoms with Gasteiger partial charge in [-0.15, -0.1) is 0 Å². The average Bonchev–Trinajstić information content (AvgIpc) is 3.14. The summed E-state index contributed by atoms with van der Waals surface area (Å²) in [6, 6.07) is 6.61. The fourth-order valence-corrected chi connectivity index (χ4v) is 4.35. The highest BCUT2D eigenvalue weighted by molar-refractivity contribution is 9.10. The quantitative estimate of drug-likeness (QED) is 0.717. The molecule has 1 amide bonds. The molecule has 8 heteroatoms. The molecule has 1 saturated carbocycles. The zero-order valence-corrected chi connectivity index (χ0v) is 17.5. The number of nitrogens with zero attached hydrogens (tertiary/aromatic N) is 2. The van der Waals surface area contributed by atoms with Crippen molar-refractivity contribution in [2.45, 2.75) is 42.9 Å². The van der Waals surface area contributed by atoms with Gasteiger partial charge in [0.05, 0.1) is 23.2 Å². The van der Waals surface area contributed by atoms with Gasteiger partial charge in [-0.2, -0.15) is 0 Å². The Hall–Kier alpha value is -1.80. The molecular formula is C19H22BrN3O3S. The van der Waals surface area contributed by atoms with E-state index in [0.29, 0.717) is 16.3 Å². The van der Waals surface area contributed by atoms with Gasteiger partial charge in [0.15, 0.2) is 15.7 Å². The Balaban J connectivity index is 1.83. The highest BCUT2D eigenvalue weighted by Crippen LogP contribution is 2.35. The van der Waals surface area contributed by atoms with Gasteiger partial charge in [-0.25, -0.2) is 18.4 Å². The second-order valence-corrected chi connectivity index (χ2v) is 9.82. The lowest BCUT2D eigenvalue weighted by molar-refractivity contribution is -0.118. The molecule has 1 heterocycles. The first kappa shape index (κ1) is 19.9. The maximum atomic E-state index is 13.0. The summed E-state index contributed by atoms with van der Waals surface area (Å²) in [5, 5.41) is 2.83. The summed E-state index contributed by atoms with van der Waals surface area (Å²) in [5.41, 5.74) is 0.817. The van der Waals surface area contributed by atoms with Crippen LogP contribution in [0.1, 0.15) is 43.6 Å². The number of aromatic nitrogens is 2. The number of rotatable bonds is 6. The van der Waals surface area contributed by atoms with E-state index in [0.717, 1.165) is 24.8 Å².